The van der Waals surface area contributed by atoms with Gasteiger partial charge < -0.3 is 4.74 Å². The van der Waals surface area contributed by atoms with Gasteiger partial charge in [-0.3, -0.25) is 0 Å². The first kappa shape index (κ1) is 17.2. The molecule has 2 aromatic rings. The van der Waals surface area contributed by atoms with Crippen molar-refractivity contribution in [1.29, 1.82) is 0 Å². The normalized spacial score (nSPS) is 22.3. The Morgan fingerprint density at radius 1 is 1.00 bits per heavy atom. The highest BCUT2D eigenvalue weighted by molar-refractivity contribution is 5.34. The van der Waals surface area contributed by atoms with Crippen molar-refractivity contribution in [3.8, 4) is 0 Å². The Morgan fingerprint density at radius 2 is 1.67 bits per heavy atom. The fourth-order valence-electron chi connectivity index (χ4n) is 3.98. The van der Waals surface area contributed by atoms with Crippen molar-refractivity contribution in [2.24, 2.45) is 5.92 Å². The zero-order valence-electron chi connectivity index (χ0n) is 14.7. The number of hydrogen-bond donors (Lipinski definition) is 0. The molecular weight excluding hydrogens is 299 g/mol. The van der Waals surface area contributed by atoms with E-state index in [1.807, 2.05) is 6.07 Å². The molecule has 0 spiro atoms. The largest absolute Gasteiger partial charge is 0.372 e. The van der Waals surface area contributed by atoms with Crippen LogP contribution in [0.1, 0.15) is 67.7 Å². The third-order valence-electron chi connectivity index (χ3n) is 5.56. The van der Waals surface area contributed by atoms with Crippen LogP contribution in [0.15, 0.2) is 48.5 Å². The molecule has 1 saturated carbocycles. The summed E-state index contributed by atoms with van der Waals surface area (Å²) in [6, 6.07) is 15.5. The number of hydrogen-bond acceptors (Lipinski definition) is 1. The van der Waals surface area contributed by atoms with E-state index >= 15 is 0 Å². The maximum atomic E-state index is 14.1. The molecule has 1 unspecified atom stereocenters. The molecule has 1 aliphatic carbocycles. The first-order valence-corrected chi connectivity index (χ1v) is 9.10. The fraction of sp³-hybridized carbons (Fsp3) is 0.455. The lowest BCUT2D eigenvalue weighted by molar-refractivity contribution is 0.133. The van der Waals surface area contributed by atoms with E-state index in [4.69, 9.17) is 4.74 Å². The molecule has 0 amide bonds. The smallest absolute Gasteiger partial charge is 0.129 e. The van der Waals surface area contributed by atoms with Crippen LogP contribution in [0.25, 0.3) is 0 Å². The van der Waals surface area contributed by atoms with Gasteiger partial charge >= 0.3 is 0 Å². The van der Waals surface area contributed by atoms with Gasteiger partial charge in [0.05, 0.1) is 0 Å². The molecule has 0 aliphatic heterocycles. The Morgan fingerprint density at radius 3 is 2.25 bits per heavy atom. The topological polar surface area (TPSA) is 9.23 Å². The lowest BCUT2D eigenvalue weighted by atomic mass is 9.77. The van der Waals surface area contributed by atoms with Crippen LogP contribution in [0.3, 0.4) is 0 Å². The van der Waals surface area contributed by atoms with E-state index in [0.717, 1.165) is 11.5 Å². The van der Waals surface area contributed by atoms with Gasteiger partial charge in [-0.25, -0.2) is 4.39 Å². The molecule has 0 N–H and O–H groups in total. The first-order valence-electron chi connectivity index (χ1n) is 9.10. The van der Waals surface area contributed by atoms with Gasteiger partial charge in [0.1, 0.15) is 11.9 Å². The van der Waals surface area contributed by atoms with Gasteiger partial charge in [-0.15, -0.1) is 0 Å². The second-order valence-electron chi connectivity index (χ2n) is 6.93. The number of methoxy groups -OCH3 is 1. The summed E-state index contributed by atoms with van der Waals surface area (Å²) in [4.78, 5) is 0. The molecule has 0 saturated heterocycles. The van der Waals surface area contributed by atoms with E-state index in [1.54, 1.807) is 19.2 Å². The van der Waals surface area contributed by atoms with E-state index in [-0.39, 0.29) is 11.9 Å². The zero-order chi connectivity index (χ0) is 16.9. The molecule has 0 radical (unpaired) electrons. The van der Waals surface area contributed by atoms with Crippen LogP contribution in [-0.4, -0.2) is 7.11 Å². The number of ether oxygens (including phenoxy) is 1. The third kappa shape index (κ3) is 3.70. The molecule has 1 atom stereocenters. The second kappa shape index (κ2) is 7.94. The van der Waals surface area contributed by atoms with Gasteiger partial charge in [-0.05, 0) is 54.7 Å². The summed E-state index contributed by atoms with van der Waals surface area (Å²) in [5.41, 5.74) is 3.02. The van der Waals surface area contributed by atoms with Crippen molar-refractivity contribution in [1.82, 2.24) is 0 Å². The van der Waals surface area contributed by atoms with Gasteiger partial charge in [-0.1, -0.05) is 55.8 Å². The van der Waals surface area contributed by atoms with Crippen LogP contribution in [0.4, 0.5) is 4.39 Å². The van der Waals surface area contributed by atoms with Gasteiger partial charge in [-0.2, -0.15) is 0 Å². The van der Waals surface area contributed by atoms with Gasteiger partial charge in [0.25, 0.3) is 0 Å². The Labute approximate surface area is 144 Å². The summed E-state index contributed by atoms with van der Waals surface area (Å²) in [5.74, 6) is 1.38. The van der Waals surface area contributed by atoms with Crippen LogP contribution in [0.2, 0.25) is 0 Å². The van der Waals surface area contributed by atoms with E-state index < -0.39 is 0 Å². The van der Waals surface area contributed by atoms with Crippen LogP contribution in [0, 0.1) is 11.7 Å². The zero-order valence-corrected chi connectivity index (χ0v) is 14.7. The quantitative estimate of drug-likeness (QED) is 0.631. The van der Waals surface area contributed by atoms with E-state index in [9.17, 15) is 4.39 Å². The summed E-state index contributed by atoms with van der Waals surface area (Å²) in [5, 5.41) is 0. The minimum absolute atomic E-state index is 0.216. The second-order valence-corrected chi connectivity index (χ2v) is 6.93. The first-order chi connectivity index (χ1) is 11.7. The monoisotopic (exact) mass is 326 g/mol. The van der Waals surface area contributed by atoms with E-state index in [2.05, 4.69) is 31.2 Å². The molecule has 1 aliphatic rings. The average molecular weight is 326 g/mol. The molecule has 1 nitrogen and oxygen atoms in total. The summed E-state index contributed by atoms with van der Waals surface area (Å²) in [7, 11) is 1.64. The molecule has 24 heavy (non-hydrogen) atoms. The van der Waals surface area contributed by atoms with Crippen molar-refractivity contribution in [2.45, 2.75) is 51.0 Å². The van der Waals surface area contributed by atoms with E-state index in [0.29, 0.717) is 11.5 Å². The van der Waals surface area contributed by atoms with Crippen molar-refractivity contribution >= 4 is 0 Å². The molecule has 128 valence electrons. The molecule has 2 aromatic carbocycles. The van der Waals surface area contributed by atoms with Crippen LogP contribution in [-0.2, 0) is 4.74 Å². The van der Waals surface area contributed by atoms with Gasteiger partial charge in [0.15, 0.2) is 0 Å². The lowest BCUT2D eigenvalue weighted by Crippen LogP contribution is -2.13. The molecular formula is C22H27FO. The van der Waals surface area contributed by atoms with Crippen LogP contribution >= 0.6 is 0 Å². The average Bonchev–Trinajstić information content (AvgIpc) is 2.64. The Balaban J connectivity index is 1.75. The Hall–Kier alpha value is -1.67. The highest BCUT2D eigenvalue weighted by Crippen LogP contribution is 2.37. The number of benzene rings is 2. The number of rotatable bonds is 5. The molecule has 0 bridgehead atoms. The Kier molecular flexibility index (Phi) is 5.68. The minimum atomic E-state index is -0.351. The van der Waals surface area contributed by atoms with Crippen LogP contribution in [0.5, 0.6) is 0 Å². The summed E-state index contributed by atoms with van der Waals surface area (Å²) in [6.45, 7) is 2.30. The Bertz CT molecular complexity index is 641. The van der Waals surface area contributed by atoms with Crippen molar-refractivity contribution in [2.75, 3.05) is 7.11 Å². The molecule has 0 aromatic heterocycles. The predicted molar refractivity (Wildman–Crippen MR) is 96.7 cm³/mol. The van der Waals surface area contributed by atoms with Gasteiger partial charge in [0.2, 0.25) is 0 Å². The number of halogens is 1. The highest BCUT2D eigenvalue weighted by atomic mass is 19.1. The summed E-state index contributed by atoms with van der Waals surface area (Å²) < 4.78 is 19.6. The summed E-state index contributed by atoms with van der Waals surface area (Å²) >= 11 is 0. The minimum Gasteiger partial charge on any atom is -0.372 e. The third-order valence-corrected chi connectivity index (χ3v) is 5.56. The SMILES string of the molecule is CC[C@H]1CC[C@H](c2ccc(C(OC)c3ccccc3F)cc2)CC1. The molecule has 3 rings (SSSR count). The molecule has 0 heterocycles. The van der Waals surface area contributed by atoms with Crippen molar-refractivity contribution < 1.29 is 9.13 Å². The maximum Gasteiger partial charge on any atom is 0.129 e. The van der Waals surface area contributed by atoms with Crippen LogP contribution < -0.4 is 0 Å². The molecule has 1 fully saturated rings. The highest BCUT2D eigenvalue weighted by Gasteiger charge is 2.22. The lowest BCUT2D eigenvalue weighted by Gasteiger charge is -2.28. The van der Waals surface area contributed by atoms with Crippen molar-refractivity contribution in [3.05, 3.63) is 71.0 Å². The summed E-state index contributed by atoms with van der Waals surface area (Å²) in [6.07, 6.45) is 6.23. The standard InChI is InChI=1S/C22H27FO/c1-3-16-8-10-17(11-9-16)18-12-14-19(15-13-18)22(24-2)20-6-4-5-7-21(20)23/h4-7,12-17,22H,3,8-11H2,1-2H3/t16-,17-,22?. The van der Waals surface area contributed by atoms with E-state index in [1.165, 1.54) is 43.7 Å². The maximum absolute atomic E-state index is 14.1. The van der Waals surface area contributed by atoms with Crippen molar-refractivity contribution in [3.63, 3.8) is 0 Å². The van der Waals surface area contributed by atoms with Gasteiger partial charge in [0, 0.05) is 12.7 Å². The predicted octanol–water partition coefficient (Wildman–Crippen LogP) is 6.25. The fourth-order valence-corrected chi connectivity index (χ4v) is 3.98. The molecule has 2 heteroatoms.